The molecular formula is C25H38NO4Sn-. The summed E-state index contributed by atoms with van der Waals surface area (Å²) >= 11 is -2.52. The van der Waals surface area contributed by atoms with Crippen LogP contribution < -0.4 is 8.69 Å². The molecule has 1 heterocycles. The van der Waals surface area contributed by atoms with Gasteiger partial charge in [0.15, 0.2) is 0 Å². The predicted octanol–water partition coefficient (Wildman–Crippen LogP) is 3.55. The van der Waals surface area contributed by atoms with Crippen LogP contribution in [0.1, 0.15) is 77.7 Å². The molecule has 172 valence electrons. The van der Waals surface area contributed by atoms with E-state index in [0.29, 0.717) is 0 Å². The molecule has 0 radical (unpaired) electrons. The molecule has 1 aromatic carbocycles. The predicted molar refractivity (Wildman–Crippen MR) is 125 cm³/mol. The summed E-state index contributed by atoms with van der Waals surface area (Å²) in [5.41, 5.74) is 0.840. The quantitative estimate of drug-likeness (QED) is 0.270. The van der Waals surface area contributed by atoms with E-state index in [1.54, 1.807) is 0 Å². The topological polar surface area (TPSA) is 77.5 Å². The molecular weight excluding hydrogens is 497 g/mol. The average Bonchev–Trinajstić information content (AvgIpc) is 3.10. The number of carbonyl (C=O) groups excluding carboxylic acids is 3. The van der Waals surface area contributed by atoms with E-state index >= 15 is 0 Å². The first-order valence-corrected chi connectivity index (χ1v) is 19.5. The number of benzene rings is 1. The number of aliphatic carboxylic acids is 1. The first kappa shape index (κ1) is 25.9. The van der Waals surface area contributed by atoms with Crippen molar-refractivity contribution < 1.29 is 19.5 Å². The van der Waals surface area contributed by atoms with E-state index in [-0.39, 0.29) is 19.3 Å². The van der Waals surface area contributed by atoms with Crippen LogP contribution in [0.25, 0.3) is 0 Å². The molecule has 0 spiro atoms. The van der Waals surface area contributed by atoms with Crippen LogP contribution in [0.3, 0.4) is 0 Å². The minimum atomic E-state index is -2.52. The second-order valence-corrected chi connectivity index (χ2v) is 22.2. The van der Waals surface area contributed by atoms with E-state index in [2.05, 4.69) is 32.9 Å². The molecule has 1 aliphatic rings. The first-order chi connectivity index (χ1) is 14.9. The molecule has 0 bridgehead atoms. The third kappa shape index (κ3) is 6.80. The van der Waals surface area contributed by atoms with Crippen LogP contribution >= 0.6 is 0 Å². The Balaban J connectivity index is 2.26. The van der Waals surface area contributed by atoms with Gasteiger partial charge in [0.25, 0.3) is 0 Å². The number of unbranched alkanes of at least 4 members (excludes halogenated alkanes) is 3. The van der Waals surface area contributed by atoms with Crippen LogP contribution in [-0.4, -0.2) is 47.1 Å². The summed E-state index contributed by atoms with van der Waals surface area (Å²) in [6.45, 7) is 6.79. The van der Waals surface area contributed by atoms with Crippen molar-refractivity contribution in [2.45, 2.75) is 97.9 Å². The van der Waals surface area contributed by atoms with Gasteiger partial charge in [-0.05, 0) is 0 Å². The Bertz CT molecular complexity index is 709. The molecule has 0 aliphatic carbocycles. The van der Waals surface area contributed by atoms with Crippen molar-refractivity contribution in [3.8, 4) is 0 Å². The second-order valence-electron chi connectivity index (χ2n) is 8.98. The van der Waals surface area contributed by atoms with E-state index < -0.39 is 42.2 Å². The Morgan fingerprint density at radius 1 is 0.903 bits per heavy atom. The summed E-state index contributed by atoms with van der Waals surface area (Å²) in [4.78, 5) is 36.7. The van der Waals surface area contributed by atoms with Crippen molar-refractivity contribution in [2.75, 3.05) is 0 Å². The standard InChI is InChI=1S/C13H12NO4.3C4H9.Sn/c15-11-6-7-12(16)14(11)10(13(17)18)8-9-4-2-1-3-5-9;3*1-3-4-2;/h2-5,10H,6-8H2,(H,17,18);3*1,3-4H2,2H3;/p-1. The average molecular weight is 535 g/mol. The van der Waals surface area contributed by atoms with Crippen LogP contribution in [0.5, 0.6) is 0 Å². The van der Waals surface area contributed by atoms with Gasteiger partial charge >= 0.3 is 192 Å². The monoisotopic (exact) mass is 536 g/mol. The summed E-state index contributed by atoms with van der Waals surface area (Å²) in [5, 5.41) is 11.7. The number of amides is 2. The number of hydrogen-bond acceptors (Lipinski definition) is 4. The molecule has 1 atom stereocenters. The second kappa shape index (κ2) is 12.6. The molecule has 1 fully saturated rings. The fourth-order valence-corrected chi connectivity index (χ4v) is 20.7. The van der Waals surface area contributed by atoms with Crippen molar-refractivity contribution in [1.29, 1.82) is 0 Å². The number of nitrogens with zero attached hydrogens (tertiary/aromatic N) is 1. The summed E-state index contributed by atoms with van der Waals surface area (Å²) in [5.74, 6) is -2.19. The Morgan fingerprint density at radius 3 is 1.74 bits per heavy atom. The Labute approximate surface area is 191 Å². The summed E-state index contributed by atoms with van der Waals surface area (Å²) in [6, 6.07) is 7.28. The normalized spacial score (nSPS) is 15.5. The van der Waals surface area contributed by atoms with E-state index in [0.717, 1.165) is 10.5 Å². The number of carbonyl (C=O) groups is 3. The van der Waals surface area contributed by atoms with E-state index in [1.165, 1.54) is 55.4 Å². The molecule has 31 heavy (non-hydrogen) atoms. The summed E-state index contributed by atoms with van der Waals surface area (Å²) in [7, 11) is 0. The summed E-state index contributed by atoms with van der Waals surface area (Å²) < 4.78 is 5.67. The van der Waals surface area contributed by atoms with Gasteiger partial charge in [0.2, 0.25) is 0 Å². The molecule has 2 amide bonds. The fourth-order valence-electron chi connectivity index (χ4n) is 4.79. The van der Waals surface area contributed by atoms with Gasteiger partial charge in [0, 0.05) is 0 Å². The number of rotatable bonds is 14. The van der Waals surface area contributed by atoms with E-state index in [1.807, 2.05) is 12.1 Å². The number of imide groups is 1. The maximum absolute atomic E-state index is 12.0. The zero-order valence-electron chi connectivity index (χ0n) is 19.5. The van der Waals surface area contributed by atoms with Crippen LogP contribution in [0, 0.1) is 0 Å². The van der Waals surface area contributed by atoms with E-state index in [4.69, 9.17) is 0 Å². The van der Waals surface area contributed by atoms with Crippen molar-refractivity contribution in [3.63, 3.8) is 0 Å². The van der Waals surface area contributed by atoms with Gasteiger partial charge in [-0.3, -0.25) is 0 Å². The van der Waals surface area contributed by atoms with Crippen LogP contribution in [0.15, 0.2) is 24.3 Å². The zero-order chi connectivity index (χ0) is 22.9. The van der Waals surface area contributed by atoms with Crippen LogP contribution in [-0.2, 0) is 20.8 Å². The molecule has 1 saturated heterocycles. The Kier molecular flexibility index (Phi) is 10.5. The van der Waals surface area contributed by atoms with Gasteiger partial charge in [-0.1, -0.05) is 0 Å². The van der Waals surface area contributed by atoms with Gasteiger partial charge in [-0.15, -0.1) is 0 Å². The van der Waals surface area contributed by atoms with Gasteiger partial charge in [0.1, 0.15) is 0 Å². The van der Waals surface area contributed by atoms with Gasteiger partial charge < -0.3 is 0 Å². The summed E-state index contributed by atoms with van der Waals surface area (Å²) in [6.07, 6.45) is 7.82. The SMILES string of the molecule is CCC[CH2][Sn]([CH2]CCC)([CH2]CCC)[c]1ccc(CC(C(=O)[O-])N2C(=O)CCC2=O)cc1. The molecule has 2 rings (SSSR count). The van der Waals surface area contributed by atoms with Crippen molar-refractivity contribution in [1.82, 2.24) is 4.90 Å². The zero-order valence-corrected chi connectivity index (χ0v) is 22.3. The molecule has 6 heteroatoms. The number of likely N-dealkylation sites (tertiary alicyclic amines) is 1. The third-order valence-electron chi connectivity index (χ3n) is 6.70. The maximum atomic E-state index is 12.0. The minimum absolute atomic E-state index is 0.0881. The number of carboxylic acids is 1. The Morgan fingerprint density at radius 2 is 1.35 bits per heavy atom. The van der Waals surface area contributed by atoms with Crippen LogP contribution in [0.2, 0.25) is 13.3 Å². The van der Waals surface area contributed by atoms with Gasteiger partial charge in [-0.2, -0.15) is 0 Å². The molecule has 5 nitrogen and oxygen atoms in total. The van der Waals surface area contributed by atoms with Gasteiger partial charge in [-0.25, -0.2) is 0 Å². The molecule has 0 aromatic heterocycles. The van der Waals surface area contributed by atoms with Crippen molar-refractivity contribution in [2.24, 2.45) is 0 Å². The molecule has 1 aromatic rings. The molecule has 1 aliphatic heterocycles. The molecule has 0 N–H and O–H groups in total. The molecule has 0 saturated carbocycles. The van der Waals surface area contributed by atoms with Crippen molar-refractivity contribution >= 4 is 39.7 Å². The fraction of sp³-hybridized carbons (Fsp3) is 0.640. The van der Waals surface area contributed by atoms with Gasteiger partial charge in [0.05, 0.1) is 0 Å². The van der Waals surface area contributed by atoms with E-state index in [9.17, 15) is 19.5 Å². The number of hydrogen-bond donors (Lipinski definition) is 0. The Hall–Kier alpha value is -1.37. The van der Waals surface area contributed by atoms with Crippen molar-refractivity contribution in [3.05, 3.63) is 29.8 Å². The molecule has 1 unspecified atom stereocenters. The first-order valence-electron chi connectivity index (χ1n) is 12.0. The number of carboxylic acid groups (broad SMARTS) is 1. The van der Waals surface area contributed by atoms with Crippen LogP contribution in [0.4, 0.5) is 0 Å². The third-order valence-corrected chi connectivity index (χ3v) is 22.4.